The lowest BCUT2D eigenvalue weighted by Gasteiger charge is -2.37. The minimum atomic E-state index is -3.53. The first kappa shape index (κ1) is 21.5. The summed E-state index contributed by atoms with van der Waals surface area (Å²) in [4.78, 5) is 15.0. The van der Waals surface area contributed by atoms with Crippen LogP contribution in [0.1, 0.15) is 23.6 Å². The van der Waals surface area contributed by atoms with Crippen molar-refractivity contribution in [3.05, 3.63) is 59.2 Å². The molecule has 156 valence electrons. The van der Waals surface area contributed by atoms with Crippen LogP contribution in [0.15, 0.2) is 47.4 Å². The van der Waals surface area contributed by atoms with Crippen LogP contribution in [0.3, 0.4) is 0 Å². The van der Waals surface area contributed by atoms with Gasteiger partial charge < -0.3 is 5.32 Å². The molecule has 0 saturated carbocycles. The number of amides is 1. The van der Waals surface area contributed by atoms with Gasteiger partial charge in [0.2, 0.25) is 15.9 Å². The highest BCUT2D eigenvalue weighted by atomic mass is 32.2. The number of rotatable bonds is 5. The molecular formula is C22H29N3O3S. The summed E-state index contributed by atoms with van der Waals surface area (Å²) >= 11 is 0. The molecule has 0 spiro atoms. The number of piperazine rings is 1. The molecule has 1 aliphatic heterocycles. The first-order valence-electron chi connectivity index (χ1n) is 9.88. The van der Waals surface area contributed by atoms with Crippen LogP contribution in [0.4, 0.5) is 5.69 Å². The molecular weight excluding hydrogens is 386 g/mol. The van der Waals surface area contributed by atoms with Crippen molar-refractivity contribution in [3.8, 4) is 0 Å². The van der Waals surface area contributed by atoms with Crippen LogP contribution in [0.25, 0.3) is 0 Å². The van der Waals surface area contributed by atoms with E-state index in [0.29, 0.717) is 31.1 Å². The number of anilines is 1. The zero-order chi connectivity index (χ0) is 21.2. The monoisotopic (exact) mass is 415 g/mol. The van der Waals surface area contributed by atoms with E-state index in [4.69, 9.17) is 0 Å². The van der Waals surface area contributed by atoms with Crippen molar-refractivity contribution in [2.75, 3.05) is 31.5 Å². The van der Waals surface area contributed by atoms with Crippen molar-refractivity contribution < 1.29 is 13.2 Å². The Morgan fingerprint density at radius 3 is 2.24 bits per heavy atom. The number of hydrogen-bond donors (Lipinski definition) is 1. The number of para-hydroxylation sites is 1. The van der Waals surface area contributed by atoms with Gasteiger partial charge >= 0.3 is 0 Å². The molecule has 6 nitrogen and oxygen atoms in total. The zero-order valence-electron chi connectivity index (χ0n) is 17.5. The second-order valence-corrected chi connectivity index (χ2v) is 9.60. The summed E-state index contributed by atoms with van der Waals surface area (Å²) in [6.07, 6.45) is 0. The van der Waals surface area contributed by atoms with Crippen LogP contribution in [-0.2, 0) is 14.8 Å². The van der Waals surface area contributed by atoms with Gasteiger partial charge in [-0.15, -0.1) is 0 Å². The number of benzene rings is 2. The maximum atomic E-state index is 13.0. The van der Waals surface area contributed by atoms with Gasteiger partial charge in [0.1, 0.15) is 0 Å². The van der Waals surface area contributed by atoms with Gasteiger partial charge in [0.25, 0.3) is 0 Å². The third-order valence-corrected chi connectivity index (χ3v) is 7.61. The molecule has 1 fully saturated rings. The Kier molecular flexibility index (Phi) is 6.41. The highest BCUT2D eigenvalue weighted by molar-refractivity contribution is 7.89. The maximum Gasteiger partial charge on any atom is 0.243 e. The van der Waals surface area contributed by atoms with Crippen molar-refractivity contribution in [1.29, 1.82) is 0 Å². The van der Waals surface area contributed by atoms with Gasteiger partial charge in [-0.2, -0.15) is 4.31 Å². The van der Waals surface area contributed by atoms with Gasteiger partial charge in [-0.05, 0) is 51.0 Å². The Balaban J connectivity index is 1.63. The standard InChI is InChI=1S/C22H29N3O3S/c1-16-9-10-21(18(3)15-16)29(27,28)25-13-11-24(12-14-25)19(4)22(26)23-20-8-6-5-7-17(20)2/h5-10,15,19H,11-14H2,1-4H3,(H,23,26). The Morgan fingerprint density at radius 2 is 1.62 bits per heavy atom. The van der Waals surface area contributed by atoms with E-state index in [0.717, 1.165) is 22.4 Å². The number of nitrogens with zero attached hydrogens (tertiary/aromatic N) is 2. The maximum absolute atomic E-state index is 13.0. The Bertz CT molecular complexity index is 996. The third-order valence-electron chi connectivity index (χ3n) is 5.55. The van der Waals surface area contributed by atoms with E-state index >= 15 is 0 Å². The lowest BCUT2D eigenvalue weighted by molar-refractivity contribution is -0.121. The molecule has 0 aliphatic carbocycles. The number of aryl methyl sites for hydroxylation is 3. The van der Waals surface area contributed by atoms with Gasteiger partial charge in [-0.1, -0.05) is 35.9 Å². The van der Waals surface area contributed by atoms with E-state index in [1.807, 2.05) is 69.0 Å². The minimum absolute atomic E-state index is 0.0787. The van der Waals surface area contributed by atoms with Crippen molar-refractivity contribution in [1.82, 2.24) is 9.21 Å². The summed E-state index contributed by atoms with van der Waals surface area (Å²) in [6, 6.07) is 12.7. The van der Waals surface area contributed by atoms with Gasteiger partial charge in [0.05, 0.1) is 10.9 Å². The van der Waals surface area contributed by atoms with E-state index in [9.17, 15) is 13.2 Å². The van der Waals surface area contributed by atoms with E-state index in [2.05, 4.69) is 5.32 Å². The summed E-state index contributed by atoms with van der Waals surface area (Å²) in [5.41, 5.74) is 3.62. The van der Waals surface area contributed by atoms with Gasteiger partial charge in [0, 0.05) is 31.9 Å². The molecule has 0 bridgehead atoms. The zero-order valence-corrected chi connectivity index (χ0v) is 18.3. The fraction of sp³-hybridized carbons (Fsp3) is 0.409. The Hall–Kier alpha value is -2.22. The summed E-state index contributed by atoms with van der Waals surface area (Å²) in [5, 5.41) is 2.97. The van der Waals surface area contributed by atoms with E-state index in [1.54, 1.807) is 6.07 Å². The molecule has 7 heteroatoms. The summed E-state index contributed by atoms with van der Waals surface area (Å²) < 4.78 is 27.6. The second kappa shape index (κ2) is 8.65. The molecule has 1 aliphatic rings. The van der Waals surface area contributed by atoms with Crippen LogP contribution in [-0.4, -0.2) is 55.8 Å². The fourth-order valence-electron chi connectivity index (χ4n) is 3.68. The van der Waals surface area contributed by atoms with Crippen molar-refractivity contribution in [3.63, 3.8) is 0 Å². The molecule has 2 aromatic carbocycles. The number of nitrogens with one attached hydrogen (secondary N) is 1. The smallest absolute Gasteiger partial charge is 0.243 e. The molecule has 0 radical (unpaired) electrons. The number of carbonyl (C=O) groups is 1. The molecule has 29 heavy (non-hydrogen) atoms. The summed E-state index contributed by atoms with van der Waals surface area (Å²) in [5.74, 6) is -0.0787. The molecule has 1 N–H and O–H groups in total. The number of carbonyl (C=O) groups excluding carboxylic acids is 1. The van der Waals surface area contributed by atoms with Crippen molar-refractivity contribution in [2.24, 2.45) is 0 Å². The van der Waals surface area contributed by atoms with E-state index in [-0.39, 0.29) is 11.9 Å². The quantitative estimate of drug-likeness (QED) is 0.815. The third kappa shape index (κ3) is 4.69. The van der Waals surface area contributed by atoms with Crippen LogP contribution in [0.2, 0.25) is 0 Å². The topological polar surface area (TPSA) is 69.7 Å². The summed E-state index contributed by atoms with van der Waals surface area (Å²) in [6.45, 7) is 9.38. The number of sulfonamides is 1. The SMILES string of the molecule is Cc1ccc(S(=O)(=O)N2CCN(C(C)C(=O)Nc3ccccc3C)CC2)c(C)c1. The Labute approximate surface area is 173 Å². The van der Waals surface area contributed by atoms with Crippen LogP contribution in [0, 0.1) is 20.8 Å². The predicted molar refractivity (Wildman–Crippen MR) is 116 cm³/mol. The Morgan fingerprint density at radius 1 is 0.966 bits per heavy atom. The highest BCUT2D eigenvalue weighted by Crippen LogP contribution is 2.23. The largest absolute Gasteiger partial charge is 0.324 e. The molecule has 1 atom stereocenters. The number of hydrogen-bond acceptors (Lipinski definition) is 4. The molecule has 1 saturated heterocycles. The van der Waals surface area contributed by atoms with Crippen LogP contribution < -0.4 is 5.32 Å². The molecule has 2 aromatic rings. The molecule has 0 aromatic heterocycles. The second-order valence-electron chi connectivity index (χ2n) is 7.69. The minimum Gasteiger partial charge on any atom is -0.324 e. The molecule has 3 rings (SSSR count). The van der Waals surface area contributed by atoms with Crippen molar-refractivity contribution >= 4 is 21.6 Å². The fourth-order valence-corrected chi connectivity index (χ4v) is 5.30. The predicted octanol–water partition coefficient (Wildman–Crippen LogP) is 2.95. The van der Waals surface area contributed by atoms with Crippen LogP contribution in [0.5, 0.6) is 0 Å². The first-order chi connectivity index (χ1) is 13.7. The first-order valence-corrected chi connectivity index (χ1v) is 11.3. The molecule has 1 unspecified atom stereocenters. The van der Waals surface area contributed by atoms with E-state index < -0.39 is 10.0 Å². The lowest BCUT2D eigenvalue weighted by atomic mass is 10.1. The lowest BCUT2D eigenvalue weighted by Crippen LogP contribution is -2.54. The van der Waals surface area contributed by atoms with Gasteiger partial charge in [-0.3, -0.25) is 9.69 Å². The summed E-state index contributed by atoms with van der Waals surface area (Å²) in [7, 11) is -3.53. The molecule has 1 amide bonds. The molecule has 1 heterocycles. The average molecular weight is 416 g/mol. The van der Waals surface area contributed by atoms with Crippen LogP contribution >= 0.6 is 0 Å². The van der Waals surface area contributed by atoms with Crippen molar-refractivity contribution in [2.45, 2.75) is 38.6 Å². The normalized spacial score (nSPS) is 17.1. The van der Waals surface area contributed by atoms with Gasteiger partial charge in [-0.25, -0.2) is 8.42 Å². The highest BCUT2D eigenvalue weighted by Gasteiger charge is 2.32. The average Bonchev–Trinajstić information content (AvgIpc) is 2.69. The van der Waals surface area contributed by atoms with E-state index in [1.165, 1.54) is 4.31 Å². The van der Waals surface area contributed by atoms with Gasteiger partial charge in [0.15, 0.2) is 0 Å².